The standard InChI is InChI=1S/C36H44N2O2.HI/c1-6-26-37-30-21-16-14-19-28(30)35(2,3)32(37)23-11-8-7-9-12-24-33-36(4,5)29-20-15-17-22-31(29)38(33)27-18-10-13-25-34(39)40;/h7-9,11-12,14-17,19-24H,6,10,13,18,25-27H2,1-5H3;1H. The van der Waals surface area contributed by atoms with Crippen LogP contribution in [-0.4, -0.2) is 34.5 Å². The van der Waals surface area contributed by atoms with E-state index >= 15 is 0 Å². The zero-order chi connectivity index (χ0) is 28.8. The molecule has 0 unspecified atom stereocenters. The average Bonchev–Trinajstić information content (AvgIpc) is 3.27. The molecule has 0 saturated carbocycles. The average molecular weight is 665 g/mol. The third-order valence-electron chi connectivity index (χ3n) is 8.27. The third-order valence-corrected chi connectivity index (χ3v) is 8.27. The number of benzene rings is 2. The monoisotopic (exact) mass is 664 g/mol. The molecular formula is C36H45IN2O2. The molecule has 2 aliphatic rings. The molecule has 0 aliphatic carbocycles. The van der Waals surface area contributed by atoms with Crippen LogP contribution in [0.5, 0.6) is 0 Å². The van der Waals surface area contributed by atoms with E-state index in [1.165, 1.54) is 33.9 Å². The van der Waals surface area contributed by atoms with Gasteiger partial charge in [-0.3, -0.25) is 4.79 Å². The van der Waals surface area contributed by atoms with Crippen molar-refractivity contribution in [2.75, 3.05) is 18.0 Å². The largest absolute Gasteiger partial charge is 1.00 e. The van der Waals surface area contributed by atoms with E-state index in [0.29, 0.717) is 0 Å². The van der Waals surface area contributed by atoms with Crippen molar-refractivity contribution < 1.29 is 38.5 Å². The number of carboxylic acids is 1. The van der Waals surface area contributed by atoms with E-state index in [1.807, 2.05) is 0 Å². The van der Waals surface area contributed by atoms with Crippen LogP contribution in [0.1, 0.15) is 77.8 Å². The number of allylic oxidation sites excluding steroid dienone is 8. The number of fused-ring (bicyclic) bond motifs is 2. The smallest absolute Gasteiger partial charge is 0.303 e. The number of aliphatic carboxylic acids is 1. The van der Waals surface area contributed by atoms with Gasteiger partial charge in [-0.25, -0.2) is 0 Å². The summed E-state index contributed by atoms with van der Waals surface area (Å²) in [5, 5.41) is 8.95. The molecule has 0 atom stereocenters. The molecule has 4 rings (SSSR count). The molecule has 2 aliphatic heterocycles. The van der Waals surface area contributed by atoms with Gasteiger partial charge >= 0.3 is 5.97 Å². The number of carbonyl (C=O) groups is 1. The predicted molar refractivity (Wildman–Crippen MR) is 168 cm³/mol. The lowest BCUT2D eigenvalue weighted by Gasteiger charge is -2.27. The summed E-state index contributed by atoms with van der Waals surface area (Å²) in [5.41, 5.74) is 7.84. The fourth-order valence-electron chi connectivity index (χ4n) is 6.20. The van der Waals surface area contributed by atoms with E-state index in [1.54, 1.807) is 0 Å². The Morgan fingerprint density at radius 3 is 2.24 bits per heavy atom. The highest BCUT2D eigenvalue weighted by atomic mass is 127. The van der Waals surface area contributed by atoms with Gasteiger partial charge in [-0.2, -0.15) is 4.58 Å². The molecule has 1 N–H and O–H groups in total. The van der Waals surface area contributed by atoms with Crippen molar-refractivity contribution in [1.82, 2.24) is 0 Å². The van der Waals surface area contributed by atoms with E-state index in [-0.39, 0.29) is 41.2 Å². The number of para-hydroxylation sites is 2. The third kappa shape index (κ3) is 7.11. The van der Waals surface area contributed by atoms with Crippen LogP contribution < -0.4 is 28.9 Å². The molecule has 0 aromatic heterocycles. The highest BCUT2D eigenvalue weighted by molar-refractivity contribution is 6.03. The van der Waals surface area contributed by atoms with Crippen LogP contribution in [0.4, 0.5) is 11.4 Å². The number of anilines is 1. The van der Waals surface area contributed by atoms with Crippen LogP contribution in [0.2, 0.25) is 0 Å². The molecule has 0 radical (unpaired) electrons. The van der Waals surface area contributed by atoms with E-state index in [2.05, 4.69) is 135 Å². The van der Waals surface area contributed by atoms with Gasteiger partial charge in [-0.05, 0) is 44.4 Å². The Morgan fingerprint density at radius 1 is 0.854 bits per heavy atom. The molecule has 2 aromatic rings. The van der Waals surface area contributed by atoms with Crippen LogP contribution in [0.15, 0.2) is 96.8 Å². The summed E-state index contributed by atoms with van der Waals surface area (Å²) < 4.78 is 2.47. The number of carboxylic acid groups (broad SMARTS) is 1. The minimum atomic E-state index is -0.713. The maximum absolute atomic E-state index is 10.9. The Morgan fingerprint density at radius 2 is 1.51 bits per heavy atom. The Labute approximate surface area is 263 Å². The molecule has 218 valence electrons. The molecule has 5 heteroatoms. The predicted octanol–water partition coefficient (Wildman–Crippen LogP) is 5.47. The van der Waals surface area contributed by atoms with Gasteiger partial charge in [-0.1, -0.05) is 94.0 Å². The lowest BCUT2D eigenvalue weighted by atomic mass is 9.81. The zero-order valence-electron chi connectivity index (χ0n) is 25.2. The molecular weight excluding hydrogens is 619 g/mol. The molecule has 0 amide bonds. The number of rotatable bonds is 12. The van der Waals surface area contributed by atoms with E-state index in [4.69, 9.17) is 5.11 Å². The van der Waals surface area contributed by atoms with Gasteiger partial charge in [0.15, 0.2) is 5.71 Å². The molecule has 0 bridgehead atoms. The van der Waals surface area contributed by atoms with Gasteiger partial charge in [0.05, 0.1) is 5.41 Å². The summed E-state index contributed by atoms with van der Waals surface area (Å²) in [7, 11) is 0. The van der Waals surface area contributed by atoms with Gasteiger partial charge in [-0.15, -0.1) is 0 Å². The maximum atomic E-state index is 10.9. The number of hydrogen-bond donors (Lipinski definition) is 1. The second kappa shape index (κ2) is 14.3. The minimum Gasteiger partial charge on any atom is -1.00 e. The van der Waals surface area contributed by atoms with Gasteiger partial charge in [0.25, 0.3) is 0 Å². The van der Waals surface area contributed by atoms with Gasteiger partial charge in [0.1, 0.15) is 6.54 Å². The van der Waals surface area contributed by atoms with Crippen molar-refractivity contribution in [1.29, 1.82) is 0 Å². The van der Waals surface area contributed by atoms with E-state index in [0.717, 1.165) is 38.8 Å². The van der Waals surface area contributed by atoms with Crippen molar-refractivity contribution in [2.45, 2.75) is 77.6 Å². The van der Waals surface area contributed by atoms with Gasteiger partial charge < -0.3 is 34.0 Å². The normalized spacial score (nSPS) is 18.1. The Balaban J connectivity index is 0.00000462. The Bertz CT molecular complexity index is 1380. The van der Waals surface area contributed by atoms with Crippen LogP contribution >= 0.6 is 0 Å². The summed E-state index contributed by atoms with van der Waals surface area (Å²) in [6, 6.07) is 17.4. The Kier molecular flexibility index (Phi) is 11.4. The van der Waals surface area contributed by atoms with Crippen molar-refractivity contribution in [3.8, 4) is 0 Å². The second-order valence-corrected chi connectivity index (χ2v) is 11.9. The summed E-state index contributed by atoms with van der Waals surface area (Å²) in [6.45, 7) is 13.4. The number of hydrogen-bond acceptors (Lipinski definition) is 2. The van der Waals surface area contributed by atoms with Crippen LogP contribution in [0.25, 0.3) is 0 Å². The Hall–Kier alpha value is -2.93. The van der Waals surface area contributed by atoms with Crippen molar-refractivity contribution in [2.24, 2.45) is 0 Å². The van der Waals surface area contributed by atoms with Crippen molar-refractivity contribution in [3.05, 3.63) is 108 Å². The van der Waals surface area contributed by atoms with Crippen LogP contribution in [0.3, 0.4) is 0 Å². The maximum Gasteiger partial charge on any atom is 0.303 e. The van der Waals surface area contributed by atoms with Crippen LogP contribution in [-0.2, 0) is 15.6 Å². The molecule has 0 fully saturated rings. The lowest BCUT2D eigenvalue weighted by Crippen LogP contribution is -3.00. The van der Waals surface area contributed by atoms with Crippen molar-refractivity contribution >= 4 is 23.1 Å². The summed E-state index contributed by atoms with van der Waals surface area (Å²) in [5.74, 6) is -0.713. The molecule has 0 spiro atoms. The topological polar surface area (TPSA) is 43.5 Å². The summed E-state index contributed by atoms with van der Waals surface area (Å²) in [6.07, 6.45) is 19.1. The first-order valence-corrected chi connectivity index (χ1v) is 14.7. The number of unbranched alkanes of at least 4 members (excludes halogenated alkanes) is 2. The highest BCUT2D eigenvalue weighted by Crippen LogP contribution is 2.47. The SMILES string of the molecule is CCC[N+]1=C(/C=C/C=C/C=C/C=C2N(CCCCCC(=O)O)c3ccccc3C2(C)C)C(C)(C)c2ccccc21.[I-]. The quantitative estimate of drug-likeness (QED) is 0.142. The highest BCUT2D eigenvalue weighted by Gasteiger charge is 2.43. The molecule has 0 saturated heterocycles. The zero-order valence-corrected chi connectivity index (χ0v) is 27.4. The molecule has 2 aromatic carbocycles. The summed E-state index contributed by atoms with van der Waals surface area (Å²) in [4.78, 5) is 13.3. The molecule has 4 nitrogen and oxygen atoms in total. The molecule has 2 heterocycles. The first kappa shape index (κ1) is 32.6. The fourth-order valence-corrected chi connectivity index (χ4v) is 6.20. The van der Waals surface area contributed by atoms with E-state index < -0.39 is 5.97 Å². The van der Waals surface area contributed by atoms with Gasteiger partial charge in [0, 0.05) is 53.9 Å². The first-order chi connectivity index (χ1) is 19.2. The number of halogens is 1. The lowest BCUT2D eigenvalue weighted by molar-refractivity contribution is -0.437. The van der Waals surface area contributed by atoms with Crippen LogP contribution in [0, 0.1) is 0 Å². The van der Waals surface area contributed by atoms with Crippen molar-refractivity contribution in [3.63, 3.8) is 0 Å². The second-order valence-electron chi connectivity index (χ2n) is 11.9. The first-order valence-electron chi connectivity index (χ1n) is 14.7. The van der Waals surface area contributed by atoms with Gasteiger partial charge in [0.2, 0.25) is 5.69 Å². The molecule has 41 heavy (non-hydrogen) atoms. The van der Waals surface area contributed by atoms with E-state index in [9.17, 15) is 4.79 Å². The number of nitrogens with zero attached hydrogens (tertiary/aromatic N) is 2. The summed E-state index contributed by atoms with van der Waals surface area (Å²) >= 11 is 0. The fraction of sp³-hybridized carbons (Fsp3) is 0.389. The minimum absolute atomic E-state index is 0.